The molecule has 3 N–H and O–H groups in total. The Morgan fingerprint density at radius 2 is 2.13 bits per heavy atom. The highest BCUT2D eigenvalue weighted by Crippen LogP contribution is 2.26. The fourth-order valence-corrected chi connectivity index (χ4v) is 2.54. The number of halogens is 1. The van der Waals surface area contributed by atoms with Crippen LogP contribution in [0.4, 0.5) is 0 Å². The average Bonchev–Trinajstić information content (AvgIpc) is 3.00. The number of primary amides is 1. The minimum Gasteiger partial charge on any atom is -0.451 e. The smallest absolute Gasteiger partial charge is 0.358 e. The fraction of sp³-hybridized carbons (Fsp3) is 0.143. The number of carbonyl (C=O) groups is 3. The first-order valence-corrected chi connectivity index (χ1v) is 7.65. The molecule has 120 valence electrons. The summed E-state index contributed by atoms with van der Waals surface area (Å²) < 4.78 is 4.81. The van der Waals surface area contributed by atoms with E-state index < -0.39 is 24.4 Å². The van der Waals surface area contributed by atoms with Gasteiger partial charge in [-0.05, 0) is 12.1 Å². The number of hydrogen-bond donors (Lipinski definition) is 2. The van der Waals surface area contributed by atoms with Crippen LogP contribution in [-0.2, 0) is 14.3 Å². The molecule has 0 aliphatic rings. The molecule has 0 bridgehead atoms. The highest BCUT2D eigenvalue weighted by atomic mass is 35.5. The normalized spacial score (nSPS) is 10.1. The molecule has 0 aliphatic heterocycles. The first-order valence-electron chi connectivity index (χ1n) is 6.39. The van der Waals surface area contributed by atoms with Gasteiger partial charge in [-0.2, -0.15) is 0 Å². The molecular weight excluding hydrogens is 342 g/mol. The number of carbonyl (C=O) groups excluding carboxylic acids is 3. The van der Waals surface area contributed by atoms with Crippen LogP contribution in [0.25, 0.3) is 10.6 Å². The zero-order valence-electron chi connectivity index (χ0n) is 11.7. The molecule has 0 aliphatic carbocycles. The lowest BCUT2D eigenvalue weighted by Crippen LogP contribution is -2.36. The highest BCUT2D eigenvalue weighted by Gasteiger charge is 2.15. The summed E-state index contributed by atoms with van der Waals surface area (Å²) in [6.07, 6.45) is 0. The number of rotatable bonds is 6. The van der Waals surface area contributed by atoms with Crippen LogP contribution < -0.4 is 11.1 Å². The summed E-state index contributed by atoms with van der Waals surface area (Å²) in [5, 5.41) is 4.90. The molecule has 0 unspecified atom stereocenters. The lowest BCUT2D eigenvalue weighted by molar-refractivity contribution is -0.127. The van der Waals surface area contributed by atoms with E-state index in [4.69, 9.17) is 22.1 Å². The van der Waals surface area contributed by atoms with Gasteiger partial charge < -0.3 is 15.8 Å². The van der Waals surface area contributed by atoms with Crippen molar-refractivity contribution in [3.63, 3.8) is 0 Å². The molecule has 1 aromatic heterocycles. The van der Waals surface area contributed by atoms with E-state index in [1.54, 1.807) is 18.2 Å². The summed E-state index contributed by atoms with van der Waals surface area (Å²) in [5.41, 5.74) is 5.75. The summed E-state index contributed by atoms with van der Waals surface area (Å²) in [6, 6.07) is 7.06. The van der Waals surface area contributed by atoms with Crippen molar-refractivity contribution in [2.45, 2.75) is 0 Å². The third kappa shape index (κ3) is 5.04. The maximum atomic E-state index is 11.8. The topological polar surface area (TPSA) is 111 Å². The van der Waals surface area contributed by atoms with Crippen molar-refractivity contribution in [3.8, 4) is 10.6 Å². The van der Waals surface area contributed by atoms with E-state index in [2.05, 4.69) is 10.3 Å². The molecule has 1 heterocycles. The van der Waals surface area contributed by atoms with Crippen LogP contribution in [0.3, 0.4) is 0 Å². The van der Waals surface area contributed by atoms with Crippen LogP contribution >= 0.6 is 22.9 Å². The van der Waals surface area contributed by atoms with Gasteiger partial charge >= 0.3 is 5.97 Å². The average molecular weight is 354 g/mol. The van der Waals surface area contributed by atoms with Gasteiger partial charge in [0.2, 0.25) is 5.91 Å². The number of thiazole rings is 1. The number of nitrogens with zero attached hydrogens (tertiary/aromatic N) is 1. The second-order valence-corrected chi connectivity index (χ2v) is 5.66. The molecule has 9 heteroatoms. The molecule has 1 aromatic carbocycles. The van der Waals surface area contributed by atoms with Crippen molar-refractivity contribution in [2.24, 2.45) is 5.73 Å². The summed E-state index contributed by atoms with van der Waals surface area (Å²) in [6.45, 7) is -0.831. The van der Waals surface area contributed by atoms with E-state index in [9.17, 15) is 14.4 Å². The summed E-state index contributed by atoms with van der Waals surface area (Å²) in [5.74, 6) is -2.04. The van der Waals surface area contributed by atoms with E-state index in [1.165, 1.54) is 16.7 Å². The Morgan fingerprint density at radius 1 is 1.35 bits per heavy atom. The second kappa shape index (κ2) is 7.70. The maximum Gasteiger partial charge on any atom is 0.358 e. The van der Waals surface area contributed by atoms with Gasteiger partial charge in [-0.15, -0.1) is 11.3 Å². The van der Waals surface area contributed by atoms with Gasteiger partial charge in [-0.25, -0.2) is 9.78 Å². The van der Waals surface area contributed by atoms with Crippen LogP contribution in [0, 0.1) is 0 Å². The molecule has 0 saturated heterocycles. The predicted molar refractivity (Wildman–Crippen MR) is 85.0 cm³/mol. The lowest BCUT2D eigenvalue weighted by Gasteiger charge is -2.03. The van der Waals surface area contributed by atoms with Gasteiger partial charge in [-0.3, -0.25) is 9.59 Å². The van der Waals surface area contributed by atoms with Gasteiger partial charge in [-0.1, -0.05) is 23.7 Å². The molecular formula is C14H12ClN3O4S. The molecule has 0 saturated carbocycles. The summed E-state index contributed by atoms with van der Waals surface area (Å²) in [4.78, 5) is 37.8. The van der Waals surface area contributed by atoms with Gasteiger partial charge in [0, 0.05) is 16.0 Å². The molecule has 0 radical (unpaired) electrons. The minimum absolute atomic E-state index is 0.0904. The molecule has 0 spiro atoms. The number of nitrogens with one attached hydrogen (secondary N) is 1. The fourth-order valence-electron chi connectivity index (χ4n) is 1.56. The number of ether oxygens (including phenoxy) is 1. The number of nitrogens with two attached hydrogens (primary N) is 1. The van der Waals surface area contributed by atoms with Gasteiger partial charge in [0.05, 0.1) is 6.54 Å². The Bertz CT molecular complexity index is 747. The number of benzene rings is 1. The quantitative estimate of drug-likeness (QED) is 0.758. The van der Waals surface area contributed by atoms with Crippen LogP contribution in [-0.4, -0.2) is 35.9 Å². The van der Waals surface area contributed by atoms with Crippen molar-refractivity contribution in [1.82, 2.24) is 10.3 Å². The number of amides is 2. The lowest BCUT2D eigenvalue weighted by atomic mass is 10.2. The van der Waals surface area contributed by atoms with E-state index in [0.29, 0.717) is 10.0 Å². The Morgan fingerprint density at radius 3 is 2.83 bits per heavy atom. The molecule has 2 amide bonds. The molecule has 2 rings (SSSR count). The van der Waals surface area contributed by atoms with Crippen molar-refractivity contribution in [3.05, 3.63) is 40.4 Å². The zero-order valence-corrected chi connectivity index (χ0v) is 13.3. The van der Waals surface area contributed by atoms with Crippen molar-refractivity contribution >= 4 is 40.7 Å². The van der Waals surface area contributed by atoms with Crippen molar-refractivity contribution < 1.29 is 19.1 Å². The molecule has 23 heavy (non-hydrogen) atoms. The number of aromatic nitrogens is 1. The molecule has 0 fully saturated rings. The third-order valence-electron chi connectivity index (χ3n) is 2.58. The first-order chi connectivity index (χ1) is 11.0. The largest absolute Gasteiger partial charge is 0.451 e. The Hall–Kier alpha value is -2.45. The zero-order chi connectivity index (χ0) is 16.8. The molecule has 7 nitrogen and oxygen atoms in total. The van der Waals surface area contributed by atoms with Gasteiger partial charge in [0.25, 0.3) is 5.91 Å². The Balaban J connectivity index is 1.94. The SMILES string of the molecule is NC(=O)CNC(=O)COC(=O)c1csc(-c2cccc(Cl)c2)n1. The Labute approximate surface area is 140 Å². The monoisotopic (exact) mass is 353 g/mol. The summed E-state index contributed by atoms with van der Waals surface area (Å²) >= 11 is 7.16. The predicted octanol–water partition coefficient (Wildman–Crippen LogP) is 1.22. The van der Waals surface area contributed by atoms with Gasteiger partial charge in [0.15, 0.2) is 12.3 Å². The van der Waals surface area contributed by atoms with E-state index in [-0.39, 0.29) is 12.2 Å². The van der Waals surface area contributed by atoms with Crippen LogP contribution in [0.2, 0.25) is 5.02 Å². The first kappa shape index (κ1) is 16.9. The number of hydrogen-bond acceptors (Lipinski definition) is 6. The van der Waals surface area contributed by atoms with Crippen LogP contribution in [0.5, 0.6) is 0 Å². The standard InChI is InChI=1S/C14H12ClN3O4S/c15-9-3-1-2-8(4-9)13-18-10(7-23-13)14(21)22-6-12(20)17-5-11(16)19/h1-4,7H,5-6H2,(H2,16,19)(H,17,20). The second-order valence-electron chi connectivity index (χ2n) is 4.37. The van der Waals surface area contributed by atoms with Crippen LogP contribution in [0.1, 0.15) is 10.5 Å². The van der Waals surface area contributed by atoms with Crippen molar-refractivity contribution in [1.29, 1.82) is 0 Å². The van der Waals surface area contributed by atoms with E-state index >= 15 is 0 Å². The summed E-state index contributed by atoms with van der Waals surface area (Å²) in [7, 11) is 0. The van der Waals surface area contributed by atoms with Gasteiger partial charge in [0.1, 0.15) is 5.01 Å². The van der Waals surface area contributed by atoms with E-state index in [0.717, 1.165) is 5.56 Å². The van der Waals surface area contributed by atoms with E-state index in [1.807, 2.05) is 6.07 Å². The minimum atomic E-state index is -0.733. The maximum absolute atomic E-state index is 11.8. The Kier molecular flexibility index (Phi) is 5.67. The molecule has 0 atom stereocenters. The highest BCUT2D eigenvalue weighted by molar-refractivity contribution is 7.13. The molecule has 2 aromatic rings. The third-order valence-corrected chi connectivity index (χ3v) is 3.71. The number of esters is 1. The van der Waals surface area contributed by atoms with Crippen molar-refractivity contribution in [2.75, 3.05) is 13.2 Å². The van der Waals surface area contributed by atoms with Crippen LogP contribution in [0.15, 0.2) is 29.6 Å².